The predicted octanol–water partition coefficient (Wildman–Crippen LogP) is 2.62. The molecule has 7 heteroatoms. The summed E-state index contributed by atoms with van der Waals surface area (Å²) in [6.07, 6.45) is 3.19. The van der Waals surface area contributed by atoms with Gasteiger partial charge in [0, 0.05) is 18.5 Å². The molecule has 1 atom stereocenters. The van der Waals surface area contributed by atoms with Crippen molar-refractivity contribution in [1.29, 1.82) is 0 Å². The number of hydrogen-bond donors (Lipinski definition) is 3. The Kier molecular flexibility index (Phi) is 7.85. The summed E-state index contributed by atoms with van der Waals surface area (Å²) in [6.45, 7) is 11.7. The van der Waals surface area contributed by atoms with Crippen molar-refractivity contribution in [1.82, 2.24) is 20.5 Å². The maximum Gasteiger partial charge on any atom is 0.315 e. The molecule has 26 heavy (non-hydrogen) atoms. The molecule has 0 radical (unpaired) electrons. The molecule has 1 aromatic rings. The number of aromatic nitrogens is 1. The van der Waals surface area contributed by atoms with Crippen molar-refractivity contribution in [3.63, 3.8) is 0 Å². The normalized spacial score (nSPS) is 18.7. The lowest BCUT2D eigenvalue weighted by atomic mass is 9.89. The van der Waals surface area contributed by atoms with Crippen molar-refractivity contribution < 1.29 is 9.90 Å². The van der Waals surface area contributed by atoms with Gasteiger partial charge >= 0.3 is 6.03 Å². The first kappa shape index (κ1) is 21.1. The third-order valence-corrected chi connectivity index (χ3v) is 6.59. The molecule has 6 nitrogen and oxygen atoms in total. The maximum absolute atomic E-state index is 12.2. The molecule has 3 N–H and O–H groups in total. The fraction of sp³-hybridized carbons (Fsp3) is 0.789. The van der Waals surface area contributed by atoms with Crippen molar-refractivity contribution in [2.45, 2.75) is 59.0 Å². The second-order valence-electron chi connectivity index (χ2n) is 7.87. The van der Waals surface area contributed by atoms with E-state index in [0.717, 1.165) is 38.9 Å². The van der Waals surface area contributed by atoms with E-state index in [4.69, 9.17) is 0 Å². The zero-order valence-corrected chi connectivity index (χ0v) is 17.4. The first-order valence-corrected chi connectivity index (χ1v) is 10.6. The number of thiazole rings is 1. The van der Waals surface area contributed by atoms with Crippen LogP contribution in [0.1, 0.15) is 51.2 Å². The van der Waals surface area contributed by atoms with Crippen LogP contribution in [0.4, 0.5) is 4.79 Å². The minimum atomic E-state index is -0.585. The Balaban J connectivity index is 1.69. The van der Waals surface area contributed by atoms with Gasteiger partial charge in [-0.15, -0.1) is 11.3 Å². The molecule has 0 aliphatic carbocycles. The summed E-state index contributed by atoms with van der Waals surface area (Å²) in [6, 6.07) is -0.188. The van der Waals surface area contributed by atoms with Crippen molar-refractivity contribution in [3.05, 3.63) is 16.1 Å². The number of piperidine rings is 1. The van der Waals surface area contributed by atoms with Crippen molar-refractivity contribution in [2.24, 2.45) is 11.8 Å². The Morgan fingerprint density at radius 3 is 2.69 bits per heavy atom. The highest BCUT2D eigenvalue weighted by Gasteiger charge is 2.29. The van der Waals surface area contributed by atoms with Crippen LogP contribution in [-0.4, -0.2) is 52.8 Å². The van der Waals surface area contributed by atoms with E-state index >= 15 is 0 Å². The molecule has 1 aliphatic heterocycles. The molecule has 1 saturated heterocycles. The zero-order valence-electron chi connectivity index (χ0n) is 16.5. The van der Waals surface area contributed by atoms with Crippen molar-refractivity contribution >= 4 is 17.4 Å². The molecular weight excluding hydrogens is 348 g/mol. The first-order chi connectivity index (χ1) is 12.4. The van der Waals surface area contributed by atoms with E-state index in [1.165, 1.54) is 10.7 Å². The fourth-order valence-corrected chi connectivity index (χ4v) is 3.80. The Bertz CT molecular complexity index is 570. The third kappa shape index (κ3) is 5.93. The standard InChI is InChI=1S/C19H34N4O2S/c1-5-17-21-16(12-26-17)11-23-8-6-15(7-9-23)10-20-18(25)22-19(4,13-24)14(2)3/h12,14-15,24H,5-11,13H2,1-4H3,(H2,20,22,25). The van der Waals surface area contributed by atoms with Crippen LogP contribution in [0.3, 0.4) is 0 Å². The summed E-state index contributed by atoms with van der Waals surface area (Å²) in [5.41, 5.74) is 0.595. The van der Waals surface area contributed by atoms with Crippen LogP contribution in [0.25, 0.3) is 0 Å². The molecular formula is C19H34N4O2S. The molecule has 1 aromatic heterocycles. The maximum atomic E-state index is 12.2. The molecule has 0 spiro atoms. The van der Waals surface area contributed by atoms with Crippen LogP contribution in [-0.2, 0) is 13.0 Å². The Hall–Kier alpha value is -1.18. The van der Waals surface area contributed by atoms with Crippen LogP contribution in [0.5, 0.6) is 0 Å². The minimum Gasteiger partial charge on any atom is -0.394 e. The Morgan fingerprint density at radius 2 is 2.15 bits per heavy atom. The lowest BCUT2D eigenvalue weighted by molar-refractivity contribution is 0.134. The van der Waals surface area contributed by atoms with Crippen molar-refractivity contribution in [2.75, 3.05) is 26.2 Å². The second-order valence-corrected chi connectivity index (χ2v) is 8.81. The SMILES string of the molecule is CCc1nc(CN2CCC(CNC(=O)NC(C)(CO)C(C)C)CC2)cs1. The summed E-state index contributed by atoms with van der Waals surface area (Å²) < 4.78 is 0. The lowest BCUT2D eigenvalue weighted by Crippen LogP contribution is -2.56. The average Bonchev–Trinajstić information content (AvgIpc) is 3.08. The quantitative estimate of drug-likeness (QED) is 0.646. The highest BCUT2D eigenvalue weighted by Crippen LogP contribution is 2.20. The smallest absolute Gasteiger partial charge is 0.315 e. The molecule has 1 fully saturated rings. The van der Waals surface area contributed by atoms with Crippen LogP contribution in [0, 0.1) is 11.8 Å². The summed E-state index contributed by atoms with van der Waals surface area (Å²) >= 11 is 1.75. The number of nitrogens with one attached hydrogen (secondary N) is 2. The number of aryl methyl sites for hydroxylation is 1. The predicted molar refractivity (Wildman–Crippen MR) is 106 cm³/mol. The number of urea groups is 1. The number of likely N-dealkylation sites (tertiary alicyclic amines) is 1. The molecule has 0 saturated carbocycles. The van der Waals surface area contributed by atoms with Gasteiger partial charge in [-0.2, -0.15) is 0 Å². The zero-order chi connectivity index (χ0) is 19.2. The number of rotatable bonds is 8. The number of hydrogen-bond acceptors (Lipinski definition) is 5. The van der Waals surface area contributed by atoms with Gasteiger partial charge in [-0.25, -0.2) is 9.78 Å². The van der Waals surface area contributed by atoms with E-state index in [0.29, 0.717) is 12.5 Å². The monoisotopic (exact) mass is 382 g/mol. The van der Waals surface area contributed by atoms with Crippen LogP contribution >= 0.6 is 11.3 Å². The highest BCUT2D eigenvalue weighted by atomic mass is 32.1. The topological polar surface area (TPSA) is 77.5 Å². The Labute approximate surface area is 161 Å². The molecule has 2 amide bonds. The van der Waals surface area contributed by atoms with Gasteiger partial charge in [-0.3, -0.25) is 4.90 Å². The number of aliphatic hydroxyl groups excluding tert-OH is 1. The summed E-state index contributed by atoms with van der Waals surface area (Å²) in [5.74, 6) is 0.679. The van der Waals surface area contributed by atoms with Gasteiger partial charge in [0.1, 0.15) is 0 Å². The van der Waals surface area contributed by atoms with Gasteiger partial charge < -0.3 is 15.7 Å². The summed E-state index contributed by atoms with van der Waals surface area (Å²) in [7, 11) is 0. The van der Waals surface area contributed by atoms with Crippen LogP contribution in [0.15, 0.2) is 5.38 Å². The average molecular weight is 383 g/mol. The molecule has 0 bridgehead atoms. The van der Waals surface area contributed by atoms with Crippen LogP contribution in [0.2, 0.25) is 0 Å². The van der Waals surface area contributed by atoms with Gasteiger partial charge in [0.15, 0.2) is 0 Å². The van der Waals surface area contributed by atoms with E-state index < -0.39 is 5.54 Å². The number of aliphatic hydroxyl groups is 1. The summed E-state index contributed by atoms with van der Waals surface area (Å²) in [5, 5.41) is 18.8. The van der Waals surface area contributed by atoms with Gasteiger partial charge in [0.2, 0.25) is 0 Å². The molecule has 0 aromatic carbocycles. The van der Waals surface area contributed by atoms with E-state index in [1.807, 2.05) is 20.8 Å². The first-order valence-electron chi connectivity index (χ1n) is 9.68. The number of carbonyl (C=O) groups is 1. The van der Waals surface area contributed by atoms with E-state index in [9.17, 15) is 9.90 Å². The van der Waals surface area contributed by atoms with E-state index in [-0.39, 0.29) is 18.6 Å². The molecule has 2 rings (SSSR count). The fourth-order valence-electron chi connectivity index (χ4n) is 3.07. The lowest BCUT2D eigenvalue weighted by Gasteiger charge is -2.34. The third-order valence-electron chi connectivity index (χ3n) is 5.55. The summed E-state index contributed by atoms with van der Waals surface area (Å²) in [4.78, 5) is 19.2. The van der Waals surface area contributed by atoms with E-state index in [1.54, 1.807) is 11.3 Å². The molecule has 148 valence electrons. The van der Waals surface area contributed by atoms with Gasteiger partial charge in [-0.1, -0.05) is 20.8 Å². The minimum absolute atomic E-state index is 0.0627. The number of carbonyl (C=O) groups excluding carboxylic acids is 1. The Morgan fingerprint density at radius 1 is 1.46 bits per heavy atom. The molecule has 1 aliphatic rings. The largest absolute Gasteiger partial charge is 0.394 e. The van der Waals surface area contributed by atoms with Crippen LogP contribution < -0.4 is 10.6 Å². The molecule has 1 unspecified atom stereocenters. The van der Waals surface area contributed by atoms with Gasteiger partial charge in [0.05, 0.1) is 22.8 Å². The number of nitrogens with zero attached hydrogens (tertiary/aromatic N) is 2. The van der Waals surface area contributed by atoms with Gasteiger partial charge in [0.25, 0.3) is 0 Å². The van der Waals surface area contributed by atoms with Gasteiger partial charge in [-0.05, 0) is 51.1 Å². The second kappa shape index (κ2) is 9.67. The molecule has 2 heterocycles. The van der Waals surface area contributed by atoms with Crippen molar-refractivity contribution in [3.8, 4) is 0 Å². The number of amides is 2. The highest BCUT2D eigenvalue weighted by molar-refractivity contribution is 7.09. The van der Waals surface area contributed by atoms with E-state index in [2.05, 4.69) is 32.8 Å².